The molecule has 27 heavy (non-hydrogen) atoms. The highest BCUT2D eigenvalue weighted by Crippen LogP contribution is 2.37. The molecular weight excluding hydrogens is 328 g/mol. The highest BCUT2D eigenvalue weighted by atomic mass is 14.9. The van der Waals surface area contributed by atoms with Crippen molar-refractivity contribution in [3.8, 4) is 33.6 Å². The van der Waals surface area contributed by atoms with Gasteiger partial charge in [0.25, 0.3) is 0 Å². The first-order valence-electron chi connectivity index (χ1n) is 9.07. The standard InChI is InChI=1S/C25H18N2/c1-2-7-18(8-3-1)20-13-14-23(25-26-15-16-27-25)24(17-20)22-12-6-10-19-9-4-5-11-21(19)22/h1-17H,(H,26,27). The Morgan fingerprint density at radius 1 is 0.593 bits per heavy atom. The number of nitrogens with one attached hydrogen (secondary N) is 1. The van der Waals surface area contributed by atoms with Crippen LogP contribution in [0.15, 0.2) is 103 Å². The minimum atomic E-state index is 0.887. The lowest BCUT2D eigenvalue weighted by Crippen LogP contribution is -1.90. The Balaban J connectivity index is 1.80. The molecule has 1 aromatic heterocycles. The number of nitrogens with zero attached hydrogens (tertiary/aromatic N) is 1. The van der Waals surface area contributed by atoms with Gasteiger partial charge in [0.05, 0.1) is 0 Å². The fourth-order valence-corrected chi connectivity index (χ4v) is 3.66. The average molecular weight is 346 g/mol. The topological polar surface area (TPSA) is 28.7 Å². The molecule has 0 unspecified atom stereocenters. The quantitative estimate of drug-likeness (QED) is 0.393. The summed E-state index contributed by atoms with van der Waals surface area (Å²) < 4.78 is 0. The largest absolute Gasteiger partial charge is 0.345 e. The number of aromatic nitrogens is 2. The summed E-state index contributed by atoms with van der Waals surface area (Å²) in [4.78, 5) is 7.76. The van der Waals surface area contributed by atoms with Crippen LogP contribution in [0, 0.1) is 0 Å². The van der Waals surface area contributed by atoms with Crippen LogP contribution in [-0.2, 0) is 0 Å². The minimum Gasteiger partial charge on any atom is -0.345 e. The first-order valence-corrected chi connectivity index (χ1v) is 9.07. The van der Waals surface area contributed by atoms with Gasteiger partial charge in [-0.1, -0.05) is 84.9 Å². The van der Waals surface area contributed by atoms with Crippen molar-refractivity contribution in [2.24, 2.45) is 0 Å². The Labute approximate surface area is 158 Å². The van der Waals surface area contributed by atoms with Gasteiger partial charge >= 0.3 is 0 Å². The average Bonchev–Trinajstić information content (AvgIpc) is 3.28. The zero-order valence-electron chi connectivity index (χ0n) is 14.8. The second kappa shape index (κ2) is 6.58. The first kappa shape index (κ1) is 15.6. The monoisotopic (exact) mass is 346 g/mol. The zero-order valence-corrected chi connectivity index (χ0v) is 14.8. The summed E-state index contributed by atoms with van der Waals surface area (Å²) in [7, 11) is 0. The van der Waals surface area contributed by atoms with E-state index in [4.69, 9.17) is 0 Å². The van der Waals surface area contributed by atoms with Crippen molar-refractivity contribution in [2.75, 3.05) is 0 Å². The molecule has 0 aliphatic carbocycles. The van der Waals surface area contributed by atoms with Crippen LogP contribution in [-0.4, -0.2) is 9.97 Å². The second-order valence-electron chi connectivity index (χ2n) is 6.59. The predicted molar refractivity (Wildman–Crippen MR) is 112 cm³/mol. The fraction of sp³-hybridized carbons (Fsp3) is 0. The molecule has 0 radical (unpaired) electrons. The molecule has 0 atom stereocenters. The van der Waals surface area contributed by atoms with Gasteiger partial charge in [0.15, 0.2) is 0 Å². The van der Waals surface area contributed by atoms with Crippen molar-refractivity contribution in [1.82, 2.24) is 9.97 Å². The number of fused-ring (bicyclic) bond motifs is 1. The van der Waals surface area contributed by atoms with Crippen LogP contribution in [0.25, 0.3) is 44.4 Å². The zero-order chi connectivity index (χ0) is 18.1. The molecule has 0 saturated heterocycles. The van der Waals surface area contributed by atoms with Gasteiger partial charge in [0, 0.05) is 18.0 Å². The Morgan fingerprint density at radius 2 is 1.41 bits per heavy atom. The van der Waals surface area contributed by atoms with Gasteiger partial charge in [-0.05, 0) is 39.1 Å². The number of aromatic amines is 1. The van der Waals surface area contributed by atoms with Crippen LogP contribution < -0.4 is 0 Å². The highest BCUT2D eigenvalue weighted by Gasteiger charge is 2.13. The lowest BCUT2D eigenvalue weighted by molar-refractivity contribution is 1.31. The predicted octanol–water partition coefficient (Wildman–Crippen LogP) is 6.56. The van der Waals surface area contributed by atoms with Gasteiger partial charge < -0.3 is 4.98 Å². The third-order valence-corrected chi connectivity index (χ3v) is 4.96. The van der Waals surface area contributed by atoms with E-state index in [0.717, 1.165) is 11.4 Å². The summed E-state index contributed by atoms with van der Waals surface area (Å²) >= 11 is 0. The number of imidazole rings is 1. The molecule has 0 bridgehead atoms. The van der Waals surface area contributed by atoms with Crippen molar-refractivity contribution in [2.45, 2.75) is 0 Å². The normalized spacial score (nSPS) is 11.0. The summed E-state index contributed by atoms with van der Waals surface area (Å²) in [5, 5.41) is 2.49. The van der Waals surface area contributed by atoms with Crippen LogP contribution in [0.5, 0.6) is 0 Å². The molecule has 1 heterocycles. The fourth-order valence-electron chi connectivity index (χ4n) is 3.66. The molecule has 0 amide bonds. The van der Waals surface area contributed by atoms with Crippen molar-refractivity contribution in [3.63, 3.8) is 0 Å². The maximum absolute atomic E-state index is 4.50. The molecule has 4 aromatic carbocycles. The Hall–Kier alpha value is -3.65. The lowest BCUT2D eigenvalue weighted by atomic mass is 9.91. The molecule has 1 N–H and O–H groups in total. The number of hydrogen-bond acceptors (Lipinski definition) is 1. The molecular formula is C25H18N2. The van der Waals surface area contributed by atoms with Gasteiger partial charge in [-0.15, -0.1) is 0 Å². The summed E-state index contributed by atoms with van der Waals surface area (Å²) in [6.07, 6.45) is 3.67. The maximum atomic E-state index is 4.50. The van der Waals surface area contributed by atoms with E-state index >= 15 is 0 Å². The molecule has 2 heteroatoms. The molecule has 0 saturated carbocycles. The Morgan fingerprint density at radius 3 is 2.26 bits per heavy atom. The van der Waals surface area contributed by atoms with E-state index in [9.17, 15) is 0 Å². The third kappa shape index (κ3) is 2.81. The summed E-state index contributed by atoms with van der Waals surface area (Å²) in [6, 6.07) is 32.1. The highest BCUT2D eigenvalue weighted by molar-refractivity contribution is 6.00. The van der Waals surface area contributed by atoms with Crippen molar-refractivity contribution >= 4 is 10.8 Å². The van der Waals surface area contributed by atoms with Gasteiger partial charge in [0.2, 0.25) is 0 Å². The van der Waals surface area contributed by atoms with E-state index in [2.05, 4.69) is 94.9 Å². The van der Waals surface area contributed by atoms with Crippen LogP contribution in [0.1, 0.15) is 0 Å². The van der Waals surface area contributed by atoms with E-state index in [-0.39, 0.29) is 0 Å². The van der Waals surface area contributed by atoms with Crippen molar-refractivity contribution in [1.29, 1.82) is 0 Å². The van der Waals surface area contributed by atoms with E-state index < -0.39 is 0 Å². The molecule has 0 aliphatic rings. The summed E-state index contributed by atoms with van der Waals surface area (Å²) in [5.74, 6) is 0.887. The number of rotatable bonds is 3. The Kier molecular flexibility index (Phi) is 3.80. The third-order valence-electron chi connectivity index (χ3n) is 4.96. The Bertz CT molecular complexity index is 1200. The van der Waals surface area contributed by atoms with Crippen LogP contribution >= 0.6 is 0 Å². The van der Waals surface area contributed by atoms with E-state index in [0.29, 0.717) is 0 Å². The smallest absolute Gasteiger partial charge is 0.137 e. The van der Waals surface area contributed by atoms with Gasteiger partial charge in [0.1, 0.15) is 5.82 Å². The maximum Gasteiger partial charge on any atom is 0.137 e. The van der Waals surface area contributed by atoms with E-state index in [1.807, 2.05) is 12.3 Å². The number of hydrogen-bond donors (Lipinski definition) is 1. The summed E-state index contributed by atoms with van der Waals surface area (Å²) in [5.41, 5.74) is 5.93. The molecule has 0 fully saturated rings. The van der Waals surface area contributed by atoms with E-state index in [1.54, 1.807) is 6.20 Å². The number of H-pyrrole nitrogens is 1. The molecule has 0 aliphatic heterocycles. The second-order valence-corrected chi connectivity index (χ2v) is 6.59. The summed E-state index contributed by atoms with van der Waals surface area (Å²) in [6.45, 7) is 0. The molecule has 128 valence electrons. The molecule has 5 aromatic rings. The van der Waals surface area contributed by atoms with Crippen LogP contribution in [0.4, 0.5) is 0 Å². The van der Waals surface area contributed by atoms with Gasteiger partial charge in [-0.3, -0.25) is 0 Å². The number of benzene rings is 4. The van der Waals surface area contributed by atoms with Crippen LogP contribution in [0.2, 0.25) is 0 Å². The van der Waals surface area contributed by atoms with Crippen molar-refractivity contribution in [3.05, 3.63) is 103 Å². The van der Waals surface area contributed by atoms with Crippen LogP contribution in [0.3, 0.4) is 0 Å². The molecule has 5 rings (SSSR count). The SMILES string of the molecule is c1ccc(-c2ccc(-c3ncc[nH]3)c(-c3cccc4ccccc34)c2)cc1. The van der Waals surface area contributed by atoms with Crippen molar-refractivity contribution < 1.29 is 0 Å². The van der Waals surface area contributed by atoms with Gasteiger partial charge in [-0.2, -0.15) is 0 Å². The van der Waals surface area contributed by atoms with E-state index in [1.165, 1.54) is 33.0 Å². The van der Waals surface area contributed by atoms with Gasteiger partial charge in [-0.25, -0.2) is 4.98 Å². The molecule has 0 spiro atoms. The lowest BCUT2D eigenvalue weighted by Gasteiger charge is -2.13. The minimum absolute atomic E-state index is 0.887. The first-order chi connectivity index (χ1) is 13.4. The molecule has 2 nitrogen and oxygen atoms in total.